The second-order valence-corrected chi connectivity index (χ2v) is 8.78. The zero-order valence-corrected chi connectivity index (χ0v) is 17.2. The van der Waals surface area contributed by atoms with Crippen LogP contribution in [0.25, 0.3) is 0 Å². The van der Waals surface area contributed by atoms with Crippen LogP contribution in [0.3, 0.4) is 0 Å². The van der Waals surface area contributed by atoms with Crippen molar-refractivity contribution in [3.63, 3.8) is 0 Å². The van der Waals surface area contributed by atoms with Gasteiger partial charge in [-0.1, -0.05) is 6.07 Å². The van der Waals surface area contributed by atoms with Crippen LogP contribution in [0.15, 0.2) is 47.6 Å². The predicted octanol–water partition coefficient (Wildman–Crippen LogP) is 1.39. The van der Waals surface area contributed by atoms with Gasteiger partial charge in [-0.05, 0) is 49.2 Å². The summed E-state index contributed by atoms with van der Waals surface area (Å²) < 4.78 is 32.1. The Bertz CT molecular complexity index is 1000. The molecule has 154 valence electrons. The molecule has 3 rings (SSSR count). The number of sulfonamides is 1. The summed E-state index contributed by atoms with van der Waals surface area (Å²) in [5.74, 6) is -0.952. The molecule has 29 heavy (non-hydrogen) atoms. The Hall–Kier alpha value is -2.78. The van der Waals surface area contributed by atoms with Gasteiger partial charge in [0, 0.05) is 38.6 Å². The lowest BCUT2D eigenvalue weighted by Crippen LogP contribution is -2.51. The summed E-state index contributed by atoms with van der Waals surface area (Å²) in [6, 6.07) is 8.07. The first kappa shape index (κ1) is 20.9. The zero-order chi connectivity index (χ0) is 21.0. The Morgan fingerprint density at radius 1 is 1.00 bits per heavy atom. The number of aromatic nitrogens is 1. The number of carbonyl (C=O) groups excluding carboxylic acids is 2. The van der Waals surface area contributed by atoms with Crippen molar-refractivity contribution in [2.75, 3.05) is 32.8 Å². The molecule has 9 heteroatoms. The van der Waals surface area contributed by atoms with Gasteiger partial charge in [0.1, 0.15) is 0 Å². The van der Waals surface area contributed by atoms with E-state index >= 15 is 0 Å². The standard InChI is InChI=1S/C20H23N3O5S/c1-15-3-4-18(13-16(15)2)29(26,27)23-11-9-22(10-12-23)19(24)14-28-20(25)17-5-7-21-8-6-17/h3-8,13H,9-12,14H2,1-2H3. The molecule has 1 aromatic heterocycles. The van der Waals surface area contributed by atoms with Gasteiger partial charge < -0.3 is 9.64 Å². The molecule has 0 radical (unpaired) electrons. The minimum Gasteiger partial charge on any atom is -0.452 e. The highest BCUT2D eigenvalue weighted by molar-refractivity contribution is 7.89. The molecule has 0 bridgehead atoms. The highest BCUT2D eigenvalue weighted by Crippen LogP contribution is 2.20. The number of pyridine rings is 1. The van der Waals surface area contributed by atoms with Crippen molar-refractivity contribution in [2.45, 2.75) is 18.7 Å². The Labute approximate surface area is 170 Å². The summed E-state index contributed by atoms with van der Waals surface area (Å²) in [5, 5.41) is 0. The third-order valence-electron chi connectivity index (χ3n) is 4.95. The minimum atomic E-state index is -3.61. The molecular weight excluding hydrogens is 394 g/mol. The lowest BCUT2D eigenvalue weighted by molar-refractivity contribution is -0.135. The molecule has 0 spiro atoms. The topological polar surface area (TPSA) is 96.9 Å². The zero-order valence-electron chi connectivity index (χ0n) is 16.4. The summed E-state index contributed by atoms with van der Waals surface area (Å²) >= 11 is 0. The first-order valence-corrected chi connectivity index (χ1v) is 10.7. The van der Waals surface area contributed by atoms with Gasteiger partial charge >= 0.3 is 5.97 Å². The first-order chi connectivity index (χ1) is 13.8. The number of hydrogen-bond acceptors (Lipinski definition) is 6. The molecule has 1 amide bonds. The number of nitrogens with zero attached hydrogens (tertiary/aromatic N) is 3. The fourth-order valence-corrected chi connectivity index (χ4v) is 4.50. The van der Waals surface area contributed by atoms with Gasteiger partial charge in [0.25, 0.3) is 5.91 Å². The largest absolute Gasteiger partial charge is 0.452 e. The van der Waals surface area contributed by atoms with E-state index in [1.165, 1.54) is 33.7 Å². The van der Waals surface area contributed by atoms with Crippen LogP contribution < -0.4 is 0 Å². The average Bonchev–Trinajstić information content (AvgIpc) is 2.74. The molecule has 0 unspecified atom stereocenters. The van der Waals surface area contributed by atoms with E-state index in [0.29, 0.717) is 5.56 Å². The van der Waals surface area contributed by atoms with Gasteiger partial charge in [0.05, 0.1) is 10.5 Å². The maximum Gasteiger partial charge on any atom is 0.338 e. The lowest BCUT2D eigenvalue weighted by Gasteiger charge is -2.34. The van der Waals surface area contributed by atoms with E-state index in [1.807, 2.05) is 13.8 Å². The number of ether oxygens (including phenoxy) is 1. The van der Waals surface area contributed by atoms with E-state index in [1.54, 1.807) is 18.2 Å². The van der Waals surface area contributed by atoms with Crippen molar-refractivity contribution < 1.29 is 22.7 Å². The molecule has 1 aliphatic rings. The van der Waals surface area contributed by atoms with Crippen molar-refractivity contribution in [1.82, 2.24) is 14.2 Å². The first-order valence-electron chi connectivity index (χ1n) is 9.21. The smallest absolute Gasteiger partial charge is 0.338 e. The fourth-order valence-electron chi connectivity index (χ4n) is 2.99. The Morgan fingerprint density at radius 2 is 1.66 bits per heavy atom. The molecule has 2 heterocycles. The van der Waals surface area contributed by atoms with Crippen molar-refractivity contribution >= 4 is 21.9 Å². The van der Waals surface area contributed by atoms with E-state index in [0.717, 1.165) is 11.1 Å². The SMILES string of the molecule is Cc1ccc(S(=O)(=O)N2CCN(C(=O)COC(=O)c3ccncc3)CC2)cc1C. The molecular formula is C20H23N3O5S. The second-order valence-electron chi connectivity index (χ2n) is 6.84. The van der Waals surface area contributed by atoms with E-state index < -0.39 is 16.0 Å². The Balaban J connectivity index is 1.55. The molecule has 1 saturated heterocycles. The van der Waals surface area contributed by atoms with Crippen LogP contribution in [0.1, 0.15) is 21.5 Å². The molecule has 0 N–H and O–H groups in total. The number of hydrogen-bond donors (Lipinski definition) is 0. The maximum atomic E-state index is 12.8. The normalized spacial score (nSPS) is 15.2. The third-order valence-corrected chi connectivity index (χ3v) is 6.84. The van der Waals surface area contributed by atoms with E-state index in [4.69, 9.17) is 4.74 Å². The number of benzene rings is 1. The van der Waals surface area contributed by atoms with Gasteiger partial charge in [-0.2, -0.15) is 4.31 Å². The highest BCUT2D eigenvalue weighted by atomic mass is 32.2. The molecule has 0 saturated carbocycles. The summed E-state index contributed by atoms with van der Waals surface area (Å²) in [6.07, 6.45) is 2.93. The highest BCUT2D eigenvalue weighted by Gasteiger charge is 2.30. The second kappa shape index (κ2) is 8.71. The third kappa shape index (κ3) is 4.80. The summed E-state index contributed by atoms with van der Waals surface area (Å²) in [5.41, 5.74) is 2.26. The van der Waals surface area contributed by atoms with Crippen LogP contribution in [0, 0.1) is 13.8 Å². The Kier molecular flexibility index (Phi) is 6.29. The predicted molar refractivity (Wildman–Crippen MR) is 106 cm³/mol. The molecule has 1 aliphatic heterocycles. The van der Waals surface area contributed by atoms with Crippen LogP contribution in [0.5, 0.6) is 0 Å². The van der Waals surface area contributed by atoms with Gasteiger partial charge in [-0.3, -0.25) is 9.78 Å². The van der Waals surface area contributed by atoms with Crippen molar-refractivity contribution in [2.24, 2.45) is 0 Å². The maximum absolute atomic E-state index is 12.8. The van der Waals surface area contributed by atoms with Gasteiger partial charge in [-0.25, -0.2) is 13.2 Å². The van der Waals surface area contributed by atoms with Gasteiger partial charge in [-0.15, -0.1) is 0 Å². The van der Waals surface area contributed by atoms with Crippen molar-refractivity contribution in [3.8, 4) is 0 Å². The van der Waals surface area contributed by atoms with Gasteiger partial charge in [0.15, 0.2) is 6.61 Å². The lowest BCUT2D eigenvalue weighted by atomic mass is 10.1. The fraction of sp³-hybridized carbons (Fsp3) is 0.350. The van der Waals surface area contributed by atoms with Crippen LogP contribution in [0.4, 0.5) is 0 Å². The Morgan fingerprint density at radius 3 is 2.28 bits per heavy atom. The number of rotatable bonds is 5. The van der Waals surface area contributed by atoms with E-state index in [-0.39, 0.29) is 43.6 Å². The average molecular weight is 417 g/mol. The van der Waals surface area contributed by atoms with Crippen LogP contribution in [0.2, 0.25) is 0 Å². The van der Waals surface area contributed by atoms with Crippen molar-refractivity contribution in [3.05, 3.63) is 59.4 Å². The number of piperazine rings is 1. The van der Waals surface area contributed by atoms with Crippen molar-refractivity contribution in [1.29, 1.82) is 0 Å². The van der Waals surface area contributed by atoms with Gasteiger partial charge in [0.2, 0.25) is 10.0 Å². The van der Waals surface area contributed by atoms with Crippen LogP contribution >= 0.6 is 0 Å². The molecule has 0 atom stereocenters. The van der Waals surface area contributed by atoms with E-state index in [9.17, 15) is 18.0 Å². The monoisotopic (exact) mass is 417 g/mol. The summed E-state index contributed by atoms with van der Waals surface area (Å²) in [6.45, 7) is 4.30. The number of amides is 1. The number of carbonyl (C=O) groups is 2. The van der Waals surface area contributed by atoms with E-state index in [2.05, 4.69) is 4.98 Å². The van der Waals surface area contributed by atoms with Crippen LogP contribution in [-0.4, -0.2) is 67.3 Å². The quantitative estimate of drug-likeness (QED) is 0.682. The summed E-state index contributed by atoms with van der Waals surface area (Å²) in [4.78, 5) is 29.8. The summed E-state index contributed by atoms with van der Waals surface area (Å²) in [7, 11) is -3.61. The molecule has 1 aromatic carbocycles. The molecule has 0 aliphatic carbocycles. The van der Waals surface area contributed by atoms with Crippen LogP contribution in [-0.2, 0) is 19.6 Å². The molecule has 1 fully saturated rings. The number of aryl methyl sites for hydroxylation is 2. The number of esters is 1. The molecule has 8 nitrogen and oxygen atoms in total. The molecule has 2 aromatic rings. The minimum absolute atomic E-state index is 0.194.